The standard InChI is InChI=1S/C30H36O3/c1-24(20-32-22-27-14-8-4-9-15-27)30(29(31)19-18-26-12-6-3-7-13-26)25(2)21-33-23-28-16-10-5-11-17-28/h3-17,24-25,30H,18-23H2,1-2H3/t24-,25-/m0/s1. The highest BCUT2D eigenvalue weighted by Gasteiger charge is 2.30. The van der Waals surface area contributed by atoms with Crippen LogP contribution in [0.4, 0.5) is 0 Å². The molecule has 0 radical (unpaired) electrons. The maximum absolute atomic E-state index is 13.4. The lowest BCUT2D eigenvalue weighted by atomic mass is 9.79. The summed E-state index contributed by atoms with van der Waals surface area (Å²) in [4.78, 5) is 13.4. The lowest BCUT2D eigenvalue weighted by molar-refractivity contribution is -0.128. The summed E-state index contributed by atoms with van der Waals surface area (Å²) in [5.41, 5.74) is 3.50. The second-order valence-corrected chi connectivity index (χ2v) is 8.93. The molecule has 0 aliphatic carbocycles. The maximum atomic E-state index is 13.4. The molecule has 0 aliphatic heterocycles. The molecule has 0 heterocycles. The first kappa shape index (κ1) is 24.9. The van der Waals surface area contributed by atoms with Gasteiger partial charge in [-0.25, -0.2) is 0 Å². The van der Waals surface area contributed by atoms with Crippen molar-refractivity contribution < 1.29 is 14.3 Å². The number of ketones is 1. The van der Waals surface area contributed by atoms with Gasteiger partial charge in [0.15, 0.2) is 0 Å². The van der Waals surface area contributed by atoms with Gasteiger partial charge in [-0.3, -0.25) is 4.79 Å². The van der Waals surface area contributed by atoms with E-state index in [9.17, 15) is 4.79 Å². The molecule has 0 unspecified atom stereocenters. The van der Waals surface area contributed by atoms with E-state index in [1.807, 2.05) is 54.6 Å². The number of carbonyl (C=O) groups is 1. The molecule has 0 fully saturated rings. The van der Waals surface area contributed by atoms with Crippen LogP contribution in [0.3, 0.4) is 0 Å². The highest BCUT2D eigenvalue weighted by molar-refractivity contribution is 5.81. The van der Waals surface area contributed by atoms with Crippen LogP contribution in [0.1, 0.15) is 37.0 Å². The van der Waals surface area contributed by atoms with E-state index in [4.69, 9.17) is 9.47 Å². The number of ether oxygens (including phenoxy) is 2. The fourth-order valence-corrected chi connectivity index (χ4v) is 4.36. The van der Waals surface area contributed by atoms with Gasteiger partial charge < -0.3 is 9.47 Å². The highest BCUT2D eigenvalue weighted by Crippen LogP contribution is 2.26. The molecule has 0 amide bonds. The van der Waals surface area contributed by atoms with Crippen molar-refractivity contribution in [2.45, 2.75) is 39.9 Å². The van der Waals surface area contributed by atoms with Gasteiger partial charge in [-0.1, -0.05) is 105 Å². The fourth-order valence-electron chi connectivity index (χ4n) is 4.36. The minimum Gasteiger partial charge on any atom is -0.376 e. The fraction of sp³-hybridized carbons (Fsp3) is 0.367. The van der Waals surface area contributed by atoms with Crippen molar-refractivity contribution in [3.8, 4) is 0 Å². The van der Waals surface area contributed by atoms with E-state index in [0.717, 1.165) is 17.5 Å². The van der Waals surface area contributed by atoms with E-state index >= 15 is 0 Å². The van der Waals surface area contributed by atoms with Crippen molar-refractivity contribution in [3.05, 3.63) is 108 Å². The van der Waals surface area contributed by atoms with E-state index in [0.29, 0.717) is 38.6 Å². The quantitative estimate of drug-likeness (QED) is 0.284. The summed E-state index contributed by atoms with van der Waals surface area (Å²) in [6.45, 7) is 6.50. The molecule has 2 atom stereocenters. The lowest BCUT2D eigenvalue weighted by Gasteiger charge is -2.28. The van der Waals surface area contributed by atoms with Crippen LogP contribution in [-0.4, -0.2) is 19.0 Å². The number of rotatable bonds is 14. The Kier molecular flexibility index (Phi) is 10.3. The first-order valence-electron chi connectivity index (χ1n) is 11.9. The van der Waals surface area contributed by atoms with Crippen LogP contribution in [0.25, 0.3) is 0 Å². The number of Topliss-reactive ketones (excluding diaryl/α,β-unsaturated/α-hetero) is 1. The molecule has 0 saturated heterocycles. The second kappa shape index (κ2) is 13.7. The SMILES string of the molecule is C[C@@H](COCc1ccccc1)C(C(=O)CCc1ccccc1)[C@@H](C)COCc1ccccc1. The number of hydrogen-bond donors (Lipinski definition) is 0. The van der Waals surface area contributed by atoms with E-state index in [1.165, 1.54) is 5.56 Å². The van der Waals surface area contributed by atoms with Crippen LogP contribution in [-0.2, 0) is 33.9 Å². The van der Waals surface area contributed by atoms with Crippen LogP contribution >= 0.6 is 0 Å². The van der Waals surface area contributed by atoms with Gasteiger partial charge in [0.05, 0.1) is 26.4 Å². The zero-order valence-electron chi connectivity index (χ0n) is 19.9. The predicted octanol–water partition coefficient (Wildman–Crippen LogP) is 6.51. The molecule has 0 bridgehead atoms. The summed E-state index contributed by atoms with van der Waals surface area (Å²) in [6, 6.07) is 30.6. The second-order valence-electron chi connectivity index (χ2n) is 8.93. The third-order valence-electron chi connectivity index (χ3n) is 6.09. The Hall–Kier alpha value is -2.75. The number of hydrogen-bond acceptors (Lipinski definition) is 3. The summed E-state index contributed by atoms with van der Waals surface area (Å²) < 4.78 is 12.0. The molecule has 3 rings (SSSR count). The molecule has 0 aliphatic rings. The number of aryl methyl sites for hydroxylation is 1. The largest absolute Gasteiger partial charge is 0.376 e. The van der Waals surface area contributed by atoms with Crippen molar-refractivity contribution in [1.29, 1.82) is 0 Å². The monoisotopic (exact) mass is 444 g/mol. The van der Waals surface area contributed by atoms with Crippen LogP contribution in [0, 0.1) is 17.8 Å². The first-order chi connectivity index (χ1) is 16.1. The third kappa shape index (κ3) is 8.60. The molecule has 0 spiro atoms. The van der Waals surface area contributed by atoms with E-state index in [1.54, 1.807) is 0 Å². The Labute approximate surface area is 198 Å². The molecule has 3 aromatic carbocycles. The van der Waals surface area contributed by atoms with Gasteiger partial charge in [0.2, 0.25) is 0 Å². The highest BCUT2D eigenvalue weighted by atomic mass is 16.5. The molecule has 33 heavy (non-hydrogen) atoms. The molecule has 3 aromatic rings. The Bertz CT molecular complexity index is 873. The summed E-state index contributed by atoms with van der Waals surface area (Å²) in [5.74, 6) is 0.436. The Morgan fingerprint density at radius 1 is 0.636 bits per heavy atom. The molecule has 0 saturated carbocycles. The third-order valence-corrected chi connectivity index (χ3v) is 6.09. The van der Waals surface area contributed by atoms with Gasteiger partial charge in [0.25, 0.3) is 0 Å². The molecule has 174 valence electrons. The summed E-state index contributed by atoms with van der Waals surface area (Å²) in [6.07, 6.45) is 1.31. The smallest absolute Gasteiger partial charge is 0.137 e. The average molecular weight is 445 g/mol. The van der Waals surface area contributed by atoms with Crippen molar-refractivity contribution in [1.82, 2.24) is 0 Å². The zero-order chi connectivity index (χ0) is 23.3. The Morgan fingerprint density at radius 2 is 1.03 bits per heavy atom. The minimum absolute atomic E-state index is 0.0970. The molecular weight excluding hydrogens is 408 g/mol. The van der Waals surface area contributed by atoms with Gasteiger partial charge in [-0.2, -0.15) is 0 Å². The van der Waals surface area contributed by atoms with Crippen molar-refractivity contribution in [2.75, 3.05) is 13.2 Å². The van der Waals surface area contributed by atoms with Crippen molar-refractivity contribution >= 4 is 5.78 Å². The Morgan fingerprint density at radius 3 is 1.45 bits per heavy atom. The van der Waals surface area contributed by atoms with Gasteiger partial charge >= 0.3 is 0 Å². The number of benzene rings is 3. The van der Waals surface area contributed by atoms with Gasteiger partial charge in [-0.15, -0.1) is 0 Å². The summed E-state index contributed by atoms with van der Waals surface area (Å²) in [7, 11) is 0. The average Bonchev–Trinajstić information content (AvgIpc) is 2.85. The van der Waals surface area contributed by atoms with Crippen LogP contribution in [0.2, 0.25) is 0 Å². The van der Waals surface area contributed by atoms with Crippen molar-refractivity contribution in [2.24, 2.45) is 17.8 Å². The molecule has 0 aromatic heterocycles. The van der Waals surface area contributed by atoms with E-state index < -0.39 is 0 Å². The van der Waals surface area contributed by atoms with E-state index in [2.05, 4.69) is 50.2 Å². The summed E-state index contributed by atoms with van der Waals surface area (Å²) in [5, 5.41) is 0. The van der Waals surface area contributed by atoms with Crippen LogP contribution < -0.4 is 0 Å². The molecule has 0 N–H and O–H groups in total. The summed E-state index contributed by atoms with van der Waals surface area (Å²) >= 11 is 0. The van der Waals surface area contributed by atoms with Gasteiger partial charge in [0, 0.05) is 12.3 Å². The van der Waals surface area contributed by atoms with Gasteiger partial charge in [0.1, 0.15) is 5.78 Å². The van der Waals surface area contributed by atoms with Crippen molar-refractivity contribution in [3.63, 3.8) is 0 Å². The zero-order valence-corrected chi connectivity index (χ0v) is 19.9. The Balaban J connectivity index is 1.57. The molecule has 3 heteroatoms. The predicted molar refractivity (Wildman–Crippen MR) is 134 cm³/mol. The minimum atomic E-state index is -0.0970. The molecule has 3 nitrogen and oxygen atoms in total. The number of carbonyl (C=O) groups excluding carboxylic acids is 1. The first-order valence-corrected chi connectivity index (χ1v) is 11.9. The topological polar surface area (TPSA) is 35.5 Å². The van der Waals surface area contributed by atoms with Crippen LogP contribution in [0.5, 0.6) is 0 Å². The normalized spacial score (nSPS) is 13.1. The lowest BCUT2D eigenvalue weighted by Crippen LogP contribution is -2.33. The van der Waals surface area contributed by atoms with E-state index in [-0.39, 0.29) is 17.8 Å². The molecular formula is C30H36O3. The maximum Gasteiger partial charge on any atom is 0.137 e. The van der Waals surface area contributed by atoms with Crippen LogP contribution in [0.15, 0.2) is 91.0 Å². The van der Waals surface area contributed by atoms with Gasteiger partial charge in [-0.05, 0) is 34.9 Å².